The largest absolute Gasteiger partial charge is 0.311 e. The van der Waals surface area contributed by atoms with Gasteiger partial charge in [0.25, 0.3) is 0 Å². The van der Waals surface area contributed by atoms with Gasteiger partial charge in [0.1, 0.15) is 0 Å². The first kappa shape index (κ1) is 10.7. The normalized spacial score (nSPS) is 22.9. The average Bonchev–Trinajstić information content (AvgIpc) is 3.05. The van der Waals surface area contributed by atoms with Gasteiger partial charge in [0.15, 0.2) is 0 Å². The van der Waals surface area contributed by atoms with E-state index >= 15 is 0 Å². The highest BCUT2D eigenvalue weighted by Crippen LogP contribution is 2.36. The van der Waals surface area contributed by atoms with Crippen LogP contribution in [0, 0.1) is 11.8 Å². The van der Waals surface area contributed by atoms with Gasteiger partial charge >= 0.3 is 0 Å². The van der Waals surface area contributed by atoms with Crippen LogP contribution in [-0.2, 0) is 6.54 Å². The summed E-state index contributed by atoms with van der Waals surface area (Å²) in [6.07, 6.45) is 1.39. The average molecular weight is 226 g/mol. The van der Waals surface area contributed by atoms with Gasteiger partial charge in [-0.1, -0.05) is 31.2 Å². The Hall–Kier alpha value is -1.41. The molecule has 2 heteroatoms. The highest BCUT2D eigenvalue weighted by atomic mass is 14.9. The molecule has 17 heavy (non-hydrogen) atoms. The third kappa shape index (κ3) is 2.47. The quantitative estimate of drug-likeness (QED) is 0.867. The molecule has 0 amide bonds. The number of nitrogens with zero attached hydrogens (tertiary/aromatic N) is 1. The first-order chi connectivity index (χ1) is 8.33. The van der Waals surface area contributed by atoms with E-state index < -0.39 is 0 Å². The second-order valence-electron chi connectivity index (χ2n) is 5.10. The van der Waals surface area contributed by atoms with Crippen LogP contribution in [0.3, 0.4) is 0 Å². The minimum absolute atomic E-state index is 0.883. The van der Waals surface area contributed by atoms with Gasteiger partial charge in [0.2, 0.25) is 0 Å². The number of aromatic nitrogens is 1. The fourth-order valence-corrected chi connectivity index (χ4v) is 2.28. The van der Waals surface area contributed by atoms with Crippen molar-refractivity contribution in [2.45, 2.75) is 19.9 Å². The van der Waals surface area contributed by atoms with Gasteiger partial charge in [0.05, 0.1) is 11.2 Å². The topological polar surface area (TPSA) is 24.9 Å². The van der Waals surface area contributed by atoms with E-state index in [9.17, 15) is 0 Å². The molecule has 1 N–H and O–H groups in total. The van der Waals surface area contributed by atoms with Crippen LogP contribution in [-0.4, -0.2) is 11.5 Å². The van der Waals surface area contributed by atoms with E-state index in [1.54, 1.807) is 0 Å². The molecule has 0 bridgehead atoms. The Morgan fingerprint density at radius 2 is 2.06 bits per heavy atom. The third-order valence-corrected chi connectivity index (χ3v) is 3.64. The molecule has 1 heterocycles. The lowest BCUT2D eigenvalue weighted by Crippen LogP contribution is -2.17. The van der Waals surface area contributed by atoms with Crippen LogP contribution in [0.5, 0.6) is 0 Å². The first-order valence-corrected chi connectivity index (χ1v) is 6.38. The Labute approximate surface area is 102 Å². The van der Waals surface area contributed by atoms with Crippen molar-refractivity contribution in [3.8, 4) is 0 Å². The van der Waals surface area contributed by atoms with Gasteiger partial charge < -0.3 is 5.32 Å². The van der Waals surface area contributed by atoms with Crippen LogP contribution >= 0.6 is 0 Å². The van der Waals surface area contributed by atoms with Crippen molar-refractivity contribution >= 4 is 10.9 Å². The Morgan fingerprint density at radius 1 is 1.24 bits per heavy atom. The minimum atomic E-state index is 0.883. The van der Waals surface area contributed by atoms with Gasteiger partial charge in [0, 0.05) is 11.9 Å². The molecule has 88 valence electrons. The smallest absolute Gasteiger partial charge is 0.0705 e. The fourth-order valence-electron chi connectivity index (χ4n) is 2.28. The van der Waals surface area contributed by atoms with Crippen molar-refractivity contribution in [3.05, 3.63) is 42.1 Å². The van der Waals surface area contributed by atoms with Gasteiger partial charge in [-0.3, -0.25) is 4.98 Å². The number of rotatable bonds is 4. The molecule has 0 aliphatic heterocycles. The van der Waals surface area contributed by atoms with E-state index in [4.69, 9.17) is 0 Å². The molecule has 0 radical (unpaired) electrons. The maximum atomic E-state index is 4.65. The molecule has 3 rings (SSSR count). The molecule has 1 aromatic heterocycles. The Kier molecular flexibility index (Phi) is 2.81. The number of para-hydroxylation sites is 1. The van der Waals surface area contributed by atoms with Crippen molar-refractivity contribution in [2.75, 3.05) is 6.54 Å². The van der Waals surface area contributed by atoms with E-state index in [1.807, 2.05) is 6.07 Å². The number of pyridine rings is 1. The number of benzene rings is 1. The summed E-state index contributed by atoms with van der Waals surface area (Å²) in [5.41, 5.74) is 2.23. The molecule has 2 aromatic rings. The van der Waals surface area contributed by atoms with E-state index in [-0.39, 0.29) is 0 Å². The number of fused-ring (bicyclic) bond motifs is 1. The maximum absolute atomic E-state index is 4.65. The van der Waals surface area contributed by atoms with E-state index in [2.05, 4.69) is 47.6 Å². The highest BCUT2D eigenvalue weighted by Gasteiger charge is 2.31. The molecular weight excluding hydrogens is 208 g/mol. The zero-order valence-electron chi connectivity index (χ0n) is 10.2. The van der Waals surface area contributed by atoms with E-state index in [1.165, 1.54) is 11.8 Å². The molecule has 1 saturated carbocycles. The molecule has 1 aliphatic carbocycles. The molecule has 1 aliphatic rings. The minimum Gasteiger partial charge on any atom is -0.311 e. The summed E-state index contributed by atoms with van der Waals surface area (Å²) in [4.78, 5) is 4.65. The summed E-state index contributed by atoms with van der Waals surface area (Å²) in [6, 6.07) is 12.5. The van der Waals surface area contributed by atoms with Crippen LogP contribution in [0.1, 0.15) is 19.0 Å². The molecule has 2 atom stereocenters. The molecule has 0 spiro atoms. The van der Waals surface area contributed by atoms with Gasteiger partial charge in [-0.15, -0.1) is 0 Å². The summed E-state index contributed by atoms with van der Waals surface area (Å²) in [5.74, 6) is 1.82. The SMILES string of the molecule is CC1CC1CNCc1ccc2ccccc2n1. The lowest BCUT2D eigenvalue weighted by atomic mass is 10.2. The van der Waals surface area contributed by atoms with Crippen molar-refractivity contribution < 1.29 is 0 Å². The van der Waals surface area contributed by atoms with Crippen LogP contribution in [0.25, 0.3) is 10.9 Å². The maximum Gasteiger partial charge on any atom is 0.0705 e. The molecule has 2 nitrogen and oxygen atoms in total. The lowest BCUT2D eigenvalue weighted by Gasteiger charge is -2.04. The molecular formula is C15H18N2. The van der Waals surface area contributed by atoms with Crippen molar-refractivity contribution in [3.63, 3.8) is 0 Å². The summed E-state index contributed by atoms with van der Waals surface area (Å²) in [7, 11) is 0. The summed E-state index contributed by atoms with van der Waals surface area (Å²) < 4.78 is 0. The van der Waals surface area contributed by atoms with Crippen molar-refractivity contribution in [1.82, 2.24) is 10.3 Å². The second kappa shape index (κ2) is 4.46. The number of nitrogens with one attached hydrogen (secondary N) is 1. The standard InChI is InChI=1S/C15H18N2/c1-11-8-13(11)9-16-10-14-7-6-12-4-2-3-5-15(12)17-14/h2-7,11,13,16H,8-10H2,1H3. The number of hydrogen-bond acceptors (Lipinski definition) is 2. The third-order valence-electron chi connectivity index (χ3n) is 3.64. The van der Waals surface area contributed by atoms with Crippen molar-refractivity contribution in [1.29, 1.82) is 0 Å². The molecule has 1 aromatic carbocycles. The Bertz CT molecular complexity index is 521. The summed E-state index contributed by atoms with van der Waals surface area (Å²) in [5, 5.41) is 4.71. The zero-order chi connectivity index (χ0) is 11.7. The monoisotopic (exact) mass is 226 g/mol. The summed E-state index contributed by atoms with van der Waals surface area (Å²) in [6.45, 7) is 4.34. The van der Waals surface area contributed by atoms with Crippen LogP contribution in [0.15, 0.2) is 36.4 Å². The van der Waals surface area contributed by atoms with Gasteiger partial charge in [-0.2, -0.15) is 0 Å². The van der Waals surface area contributed by atoms with Crippen LogP contribution in [0.4, 0.5) is 0 Å². The van der Waals surface area contributed by atoms with Crippen LogP contribution in [0.2, 0.25) is 0 Å². The highest BCUT2D eigenvalue weighted by molar-refractivity contribution is 5.78. The van der Waals surface area contributed by atoms with Crippen LogP contribution < -0.4 is 5.32 Å². The second-order valence-corrected chi connectivity index (χ2v) is 5.10. The van der Waals surface area contributed by atoms with Gasteiger partial charge in [-0.05, 0) is 36.9 Å². The zero-order valence-corrected chi connectivity index (χ0v) is 10.2. The predicted molar refractivity (Wildman–Crippen MR) is 70.7 cm³/mol. The van der Waals surface area contributed by atoms with Gasteiger partial charge in [-0.25, -0.2) is 0 Å². The molecule has 1 fully saturated rings. The Balaban J connectivity index is 1.64. The first-order valence-electron chi connectivity index (χ1n) is 6.38. The lowest BCUT2D eigenvalue weighted by molar-refractivity contribution is 0.606. The van der Waals surface area contributed by atoms with E-state index in [0.29, 0.717) is 0 Å². The molecule has 0 saturated heterocycles. The van der Waals surface area contributed by atoms with Crippen molar-refractivity contribution in [2.24, 2.45) is 11.8 Å². The Morgan fingerprint density at radius 3 is 2.88 bits per heavy atom. The summed E-state index contributed by atoms with van der Waals surface area (Å²) >= 11 is 0. The molecule has 2 unspecified atom stereocenters. The number of hydrogen-bond donors (Lipinski definition) is 1. The van der Waals surface area contributed by atoms with E-state index in [0.717, 1.165) is 36.1 Å². The fraction of sp³-hybridized carbons (Fsp3) is 0.400. The predicted octanol–water partition coefficient (Wildman–Crippen LogP) is 2.98.